The van der Waals surface area contributed by atoms with Crippen molar-refractivity contribution in [2.24, 2.45) is 0 Å². The van der Waals surface area contributed by atoms with Crippen LogP contribution in [-0.2, 0) is 41.6 Å². The third kappa shape index (κ3) is 9.20. The second-order valence-corrected chi connectivity index (χ2v) is 17.8. The number of fused-ring (bicyclic) bond motifs is 1. The molecule has 3 aromatic heterocycles. The second-order valence-electron chi connectivity index (χ2n) is 11.3. The number of aromatic nitrogens is 6. The fourth-order valence-corrected chi connectivity index (χ4v) is 7.81. The number of nitrogens with two attached hydrogens (primary N) is 1. The van der Waals surface area contributed by atoms with E-state index in [9.17, 15) is 33.5 Å². The standard InChI is InChI=1S/C25H33F2N7O14P2S/c1-11(2)45-25(38)42-10-51-49(3,39)43-6-12-15(26)19(23(46-12)33-5-4-14(35)32-24(33)37)48-50(40,41)44-7-13-18(36)16(27)22(47-13)34-9-31-17-20(28)29-8-30-21(17)34/h4-5,8-9,11-13,15-16,18-19,22-23,36H,6-7,10H2,1-3H3,(H,40,41)(H2,28,29,30)(H,32,35,37)/t12-,13?,15-,16-,18-,19-,22-,23-,49?/m1/s1. The minimum absolute atomic E-state index is 0.00203. The number of nitrogens with zero attached hydrogens (tertiary/aromatic N) is 5. The summed E-state index contributed by atoms with van der Waals surface area (Å²) in [5, 5.41) is 10.5. The Balaban J connectivity index is 1.25. The molecule has 0 aromatic carbocycles. The molecule has 0 saturated carbocycles. The monoisotopic (exact) mass is 787 g/mol. The van der Waals surface area contributed by atoms with Gasteiger partial charge in [-0.05, 0) is 25.2 Å². The van der Waals surface area contributed by atoms with Crippen molar-refractivity contribution in [3.63, 3.8) is 0 Å². The highest BCUT2D eigenvalue weighted by Gasteiger charge is 2.52. The first kappa shape index (κ1) is 38.9. The Kier molecular flexibility index (Phi) is 12.0. The van der Waals surface area contributed by atoms with Gasteiger partial charge in [-0.3, -0.25) is 32.5 Å². The molecular formula is C25H33F2N7O14P2S. The number of halogens is 2. The van der Waals surface area contributed by atoms with Crippen LogP contribution in [0.1, 0.15) is 26.3 Å². The summed E-state index contributed by atoms with van der Waals surface area (Å²) in [5.74, 6) is -0.441. The van der Waals surface area contributed by atoms with E-state index in [4.69, 9.17) is 38.3 Å². The van der Waals surface area contributed by atoms with Crippen LogP contribution in [0.15, 0.2) is 34.5 Å². The minimum atomic E-state index is -5.34. The van der Waals surface area contributed by atoms with Crippen LogP contribution in [0.3, 0.4) is 0 Å². The van der Waals surface area contributed by atoms with Gasteiger partial charge in [0.05, 0.1) is 25.6 Å². The van der Waals surface area contributed by atoms with Crippen molar-refractivity contribution < 1.29 is 65.2 Å². The molecule has 0 radical (unpaired) electrons. The number of alkyl halides is 2. The molecule has 0 amide bonds. The zero-order valence-corrected chi connectivity index (χ0v) is 29.4. The molecule has 5 N–H and O–H groups in total. The summed E-state index contributed by atoms with van der Waals surface area (Å²) >= 11 is 0.576. The number of carbonyl (C=O) groups is 1. The Morgan fingerprint density at radius 3 is 2.51 bits per heavy atom. The number of phosphoric ester groups is 1. The summed E-state index contributed by atoms with van der Waals surface area (Å²) in [6.07, 6.45) is -13.3. The average Bonchev–Trinajstić information content (AvgIpc) is 3.69. The van der Waals surface area contributed by atoms with Gasteiger partial charge in [0.25, 0.3) is 12.1 Å². The van der Waals surface area contributed by atoms with Crippen molar-refractivity contribution in [3.05, 3.63) is 45.8 Å². The molecule has 26 heteroatoms. The number of hydrogen-bond donors (Lipinski definition) is 4. The number of ether oxygens (including phenoxy) is 4. The lowest BCUT2D eigenvalue weighted by molar-refractivity contribution is -0.0609. The summed E-state index contributed by atoms with van der Waals surface area (Å²) in [7, 11) is -5.34. The van der Waals surface area contributed by atoms with Gasteiger partial charge in [-0.25, -0.2) is 37.9 Å². The van der Waals surface area contributed by atoms with E-state index in [-0.39, 0.29) is 17.0 Å². The number of nitrogens with one attached hydrogen (secondary N) is 1. The van der Waals surface area contributed by atoms with Crippen LogP contribution in [0.25, 0.3) is 11.2 Å². The summed E-state index contributed by atoms with van der Waals surface area (Å²) < 4.78 is 94.9. The Labute approximate surface area is 289 Å². The Hall–Kier alpha value is -3.31. The number of hydrogen-bond acceptors (Lipinski definition) is 18. The summed E-state index contributed by atoms with van der Waals surface area (Å²) in [6.45, 7) is -1.00. The molecule has 21 nitrogen and oxygen atoms in total. The van der Waals surface area contributed by atoms with Gasteiger partial charge in [0, 0.05) is 18.9 Å². The molecule has 3 aromatic rings. The van der Waals surface area contributed by atoms with Crippen molar-refractivity contribution in [3.8, 4) is 0 Å². The van der Waals surface area contributed by atoms with E-state index in [2.05, 4.69) is 15.0 Å². The maximum absolute atomic E-state index is 15.9. The molecule has 51 heavy (non-hydrogen) atoms. The highest BCUT2D eigenvalue weighted by atomic mass is 32.7. The van der Waals surface area contributed by atoms with Gasteiger partial charge >= 0.3 is 19.7 Å². The Morgan fingerprint density at radius 2 is 1.80 bits per heavy atom. The fourth-order valence-electron chi connectivity index (χ4n) is 4.91. The highest BCUT2D eigenvalue weighted by molar-refractivity contribution is 8.56. The van der Waals surface area contributed by atoms with E-state index in [1.54, 1.807) is 13.8 Å². The molecule has 10 atom stereocenters. The lowest BCUT2D eigenvalue weighted by atomic mass is 10.1. The number of carbonyl (C=O) groups excluding carboxylic acids is 1. The molecule has 5 heterocycles. The largest absolute Gasteiger partial charge is 0.509 e. The van der Waals surface area contributed by atoms with Gasteiger partial charge in [0.2, 0.25) is 0 Å². The number of H-pyrrole nitrogens is 1. The zero-order chi connectivity index (χ0) is 37.2. The van der Waals surface area contributed by atoms with E-state index in [0.717, 1.165) is 36.1 Å². The molecule has 2 aliphatic heterocycles. The Bertz CT molecular complexity index is 1940. The van der Waals surface area contributed by atoms with Gasteiger partial charge < -0.3 is 39.2 Å². The van der Waals surface area contributed by atoms with Crippen LogP contribution in [-0.4, -0.2) is 114 Å². The molecule has 2 fully saturated rings. The summed E-state index contributed by atoms with van der Waals surface area (Å²) in [5.41, 5.74) is 4.05. The van der Waals surface area contributed by atoms with Crippen molar-refractivity contribution in [2.45, 2.75) is 69.2 Å². The normalized spacial score (nSPS) is 28.9. The van der Waals surface area contributed by atoms with E-state index in [1.165, 1.54) is 0 Å². The maximum Gasteiger partial charge on any atom is 0.509 e. The van der Waals surface area contributed by atoms with Crippen molar-refractivity contribution in [1.29, 1.82) is 0 Å². The molecule has 2 aliphatic rings. The Morgan fingerprint density at radius 1 is 1.10 bits per heavy atom. The first-order chi connectivity index (χ1) is 24.0. The first-order valence-corrected chi connectivity index (χ1v) is 20.0. The number of aliphatic hydroxyl groups excluding tert-OH is 1. The molecule has 0 aliphatic carbocycles. The van der Waals surface area contributed by atoms with E-state index in [0.29, 0.717) is 15.9 Å². The predicted molar refractivity (Wildman–Crippen MR) is 170 cm³/mol. The van der Waals surface area contributed by atoms with Crippen molar-refractivity contribution >= 4 is 48.9 Å². The number of aliphatic hydroxyl groups is 1. The summed E-state index contributed by atoms with van der Waals surface area (Å²) in [4.78, 5) is 60.1. The highest BCUT2D eigenvalue weighted by Crippen LogP contribution is 2.57. The van der Waals surface area contributed by atoms with Gasteiger partial charge in [-0.2, -0.15) is 0 Å². The molecule has 3 unspecified atom stereocenters. The predicted octanol–water partition coefficient (Wildman–Crippen LogP) is 1.38. The third-order valence-electron chi connectivity index (χ3n) is 7.27. The fraction of sp³-hybridized carbons (Fsp3) is 0.600. The molecular weight excluding hydrogens is 754 g/mol. The lowest BCUT2D eigenvalue weighted by Crippen LogP contribution is -2.38. The van der Waals surface area contributed by atoms with E-state index in [1.807, 2.05) is 4.98 Å². The number of anilines is 1. The summed E-state index contributed by atoms with van der Waals surface area (Å²) in [6, 6.07) is 0.890. The quantitative estimate of drug-likeness (QED) is 0.102. The van der Waals surface area contributed by atoms with Crippen LogP contribution in [0.2, 0.25) is 0 Å². The average molecular weight is 788 g/mol. The minimum Gasteiger partial charge on any atom is -0.432 e. The number of phosphoric acid groups is 1. The maximum atomic E-state index is 15.9. The van der Waals surface area contributed by atoms with Crippen LogP contribution in [0.4, 0.5) is 19.4 Å². The van der Waals surface area contributed by atoms with E-state index < -0.39 is 106 Å². The van der Waals surface area contributed by atoms with Gasteiger partial charge in [0.1, 0.15) is 42.2 Å². The van der Waals surface area contributed by atoms with Crippen LogP contribution < -0.4 is 17.0 Å². The molecule has 0 spiro atoms. The number of imidazole rings is 1. The molecule has 282 valence electrons. The number of nitrogen functional groups attached to an aromatic ring is 1. The van der Waals surface area contributed by atoms with Gasteiger partial charge in [0.15, 0.2) is 36.3 Å². The smallest absolute Gasteiger partial charge is 0.432 e. The van der Waals surface area contributed by atoms with Crippen LogP contribution in [0, 0.1) is 0 Å². The molecule has 2 saturated heterocycles. The zero-order valence-electron chi connectivity index (χ0n) is 26.8. The lowest BCUT2D eigenvalue weighted by Gasteiger charge is -2.24. The second kappa shape index (κ2) is 15.7. The topological polar surface area (TPSA) is 281 Å². The number of aromatic amines is 1. The first-order valence-electron chi connectivity index (χ1n) is 14.8. The third-order valence-corrected chi connectivity index (χ3v) is 11.6. The van der Waals surface area contributed by atoms with Gasteiger partial charge in [-0.15, -0.1) is 0 Å². The van der Waals surface area contributed by atoms with Crippen LogP contribution in [0.5, 0.6) is 0 Å². The van der Waals surface area contributed by atoms with Crippen molar-refractivity contribution in [2.75, 3.05) is 31.6 Å². The molecule has 0 bridgehead atoms. The van der Waals surface area contributed by atoms with Crippen molar-refractivity contribution in [1.82, 2.24) is 29.1 Å². The molecule has 5 rings (SSSR count). The van der Waals surface area contributed by atoms with E-state index >= 15 is 8.78 Å². The number of rotatable bonds is 14. The SMILES string of the molecule is CC(C)OC(=O)OCSP(C)(=O)OC[C@H]1O[C@@H](n2ccc(=O)[nH]c2=O)[C@H](OP(=O)(O)OCC2O[C@@H](n3cnc4c(N)ncnc43)[C@H](F)[C@@H]2O)[C@@H]1F. The van der Waals surface area contributed by atoms with Crippen LogP contribution >= 0.6 is 25.8 Å². The van der Waals surface area contributed by atoms with Gasteiger partial charge in [-0.1, -0.05) is 0 Å².